The van der Waals surface area contributed by atoms with Crippen molar-refractivity contribution in [1.29, 1.82) is 0 Å². The van der Waals surface area contributed by atoms with Gasteiger partial charge in [-0.15, -0.1) is 0 Å². The maximum atomic E-state index is 5.84. The molecule has 16 heavy (non-hydrogen) atoms. The van der Waals surface area contributed by atoms with Crippen molar-refractivity contribution in [3.05, 3.63) is 0 Å². The Morgan fingerprint density at radius 2 is 1.75 bits per heavy atom. The summed E-state index contributed by atoms with van der Waals surface area (Å²) in [4.78, 5) is 2.65. The van der Waals surface area contributed by atoms with Crippen molar-refractivity contribution in [2.45, 2.75) is 66.3 Å². The number of hydrogen-bond donors (Lipinski definition) is 1. The molecule has 0 aromatic carbocycles. The summed E-state index contributed by atoms with van der Waals surface area (Å²) >= 11 is 0. The van der Waals surface area contributed by atoms with Crippen LogP contribution in [0.15, 0.2) is 0 Å². The van der Waals surface area contributed by atoms with Crippen LogP contribution in [0.2, 0.25) is 0 Å². The van der Waals surface area contributed by atoms with E-state index in [1.807, 2.05) is 0 Å². The number of nitrogens with two attached hydrogens (primary N) is 1. The predicted octanol–water partition coefficient (Wildman–Crippen LogP) is 3.26. The first kappa shape index (κ1) is 15.9. The van der Waals surface area contributed by atoms with Crippen LogP contribution in [0.3, 0.4) is 0 Å². The van der Waals surface area contributed by atoms with Crippen LogP contribution >= 0.6 is 0 Å². The molecule has 0 aliphatic heterocycles. The summed E-state index contributed by atoms with van der Waals surface area (Å²) in [5.41, 5.74) is 6.09. The minimum atomic E-state index is 0.246. The Balaban J connectivity index is 4.44. The fourth-order valence-electron chi connectivity index (χ4n) is 2.27. The van der Waals surface area contributed by atoms with Gasteiger partial charge in [0.25, 0.3) is 0 Å². The van der Waals surface area contributed by atoms with Gasteiger partial charge in [0.1, 0.15) is 0 Å². The lowest BCUT2D eigenvalue weighted by Gasteiger charge is -2.37. The normalized spacial score (nSPS) is 14.4. The molecule has 0 fully saturated rings. The van der Waals surface area contributed by atoms with Gasteiger partial charge in [-0.25, -0.2) is 0 Å². The van der Waals surface area contributed by atoms with Crippen LogP contribution < -0.4 is 5.73 Å². The van der Waals surface area contributed by atoms with Crippen LogP contribution in [0, 0.1) is 5.41 Å². The standard InChI is InChI=1S/C14H32N2/c1-6-9-13(8-3)16(10-7-2)12-14(4,5)11-15/h13H,6-12,15H2,1-5H3. The Morgan fingerprint density at radius 1 is 1.12 bits per heavy atom. The van der Waals surface area contributed by atoms with Gasteiger partial charge in [0.2, 0.25) is 0 Å². The van der Waals surface area contributed by atoms with Crippen molar-refractivity contribution < 1.29 is 0 Å². The minimum absolute atomic E-state index is 0.246. The Labute approximate surface area is 103 Å². The molecule has 0 aromatic heterocycles. The van der Waals surface area contributed by atoms with Crippen molar-refractivity contribution in [2.24, 2.45) is 11.1 Å². The SMILES string of the molecule is CCCC(CC)N(CCC)CC(C)(C)CN. The van der Waals surface area contributed by atoms with Gasteiger partial charge in [-0.05, 0) is 37.8 Å². The molecule has 0 heterocycles. The van der Waals surface area contributed by atoms with Crippen molar-refractivity contribution in [2.75, 3.05) is 19.6 Å². The zero-order valence-corrected chi connectivity index (χ0v) is 12.1. The van der Waals surface area contributed by atoms with Gasteiger partial charge in [-0.3, -0.25) is 4.90 Å². The molecule has 1 unspecified atom stereocenters. The monoisotopic (exact) mass is 228 g/mol. The third-order valence-corrected chi connectivity index (χ3v) is 3.30. The third-order valence-electron chi connectivity index (χ3n) is 3.30. The first-order valence-electron chi connectivity index (χ1n) is 6.94. The molecular formula is C14H32N2. The highest BCUT2D eigenvalue weighted by atomic mass is 15.2. The second kappa shape index (κ2) is 8.08. The summed E-state index contributed by atoms with van der Waals surface area (Å²) in [6.45, 7) is 14.5. The van der Waals surface area contributed by atoms with Gasteiger partial charge >= 0.3 is 0 Å². The van der Waals surface area contributed by atoms with Crippen LogP contribution in [0.4, 0.5) is 0 Å². The zero-order valence-electron chi connectivity index (χ0n) is 12.1. The van der Waals surface area contributed by atoms with Crippen LogP contribution in [-0.2, 0) is 0 Å². The van der Waals surface area contributed by atoms with Gasteiger partial charge in [-0.1, -0.05) is 41.0 Å². The van der Waals surface area contributed by atoms with Crippen LogP contribution in [0.25, 0.3) is 0 Å². The fourth-order valence-corrected chi connectivity index (χ4v) is 2.27. The van der Waals surface area contributed by atoms with Crippen LogP contribution in [0.1, 0.15) is 60.3 Å². The first-order valence-corrected chi connectivity index (χ1v) is 6.94. The van der Waals surface area contributed by atoms with E-state index in [4.69, 9.17) is 5.73 Å². The third kappa shape index (κ3) is 5.86. The molecule has 0 aromatic rings. The Bertz CT molecular complexity index is 166. The number of hydrogen-bond acceptors (Lipinski definition) is 2. The average Bonchev–Trinajstić information content (AvgIpc) is 2.25. The highest BCUT2D eigenvalue weighted by Gasteiger charge is 2.23. The summed E-state index contributed by atoms with van der Waals surface area (Å²) in [6.07, 6.45) is 5.09. The molecule has 0 spiro atoms. The second-order valence-corrected chi connectivity index (χ2v) is 5.69. The molecule has 0 saturated heterocycles. The van der Waals surface area contributed by atoms with E-state index in [9.17, 15) is 0 Å². The minimum Gasteiger partial charge on any atom is -0.330 e. The Morgan fingerprint density at radius 3 is 2.12 bits per heavy atom. The maximum absolute atomic E-state index is 5.84. The van der Waals surface area contributed by atoms with Gasteiger partial charge in [0.15, 0.2) is 0 Å². The first-order chi connectivity index (χ1) is 7.50. The van der Waals surface area contributed by atoms with Crippen LogP contribution in [0.5, 0.6) is 0 Å². The summed E-state index contributed by atoms with van der Waals surface area (Å²) in [5.74, 6) is 0. The van der Waals surface area contributed by atoms with Gasteiger partial charge in [0.05, 0.1) is 0 Å². The van der Waals surface area contributed by atoms with Crippen molar-refractivity contribution >= 4 is 0 Å². The van der Waals surface area contributed by atoms with E-state index in [0.29, 0.717) is 0 Å². The summed E-state index contributed by atoms with van der Waals surface area (Å²) < 4.78 is 0. The van der Waals surface area contributed by atoms with E-state index in [-0.39, 0.29) is 5.41 Å². The van der Waals surface area contributed by atoms with Gasteiger partial charge < -0.3 is 5.73 Å². The van der Waals surface area contributed by atoms with Crippen LogP contribution in [-0.4, -0.2) is 30.6 Å². The largest absolute Gasteiger partial charge is 0.330 e. The highest BCUT2D eigenvalue weighted by Crippen LogP contribution is 2.20. The molecule has 2 N–H and O–H groups in total. The lowest BCUT2D eigenvalue weighted by atomic mass is 9.91. The molecular weight excluding hydrogens is 196 g/mol. The molecule has 1 atom stereocenters. The van der Waals surface area contributed by atoms with E-state index in [0.717, 1.165) is 19.1 Å². The molecule has 0 radical (unpaired) electrons. The average molecular weight is 228 g/mol. The quantitative estimate of drug-likeness (QED) is 0.656. The zero-order chi connectivity index (χ0) is 12.6. The van der Waals surface area contributed by atoms with Crippen molar-refractivity contribution in [1.82, 2.24) is 4.90 Å². The van der Waals surface area contributed by atoms with Crippen molar-refractivity contribution in [3.8, 4) is 0 Å². The topological polar surface area (TPSA) is 29.3 Å². The van der Waals surface area contributed by atoms with E-state index >= 15 is 0 Å². The highest BCUT2D eigenvalue weighted by molar-refractivity contribution is 4.79. The molecule has 0 aliphatic rings. The molecule has 0 saturated carbocycles. The maximum Gasteiger partial charge on any atom is 0.00927 e. The lowest BCUT2D eigenvalue weighted by molar-refractivity contribution is 0.122. The molecule has 2 heteroatoms. The molecule has 0 bridgehead atoms. The summed E-state index contributed by atoms with van der Waals surface area (Å²) in [7, 11) is 0. The van der Waals surface area contributed by atoms with E-state index in [2.05, 4.69) is 39.5 Å². The molecule has 0 rings (SSSR count). The Hall–Kier alpha value is -0.0800. The summed E-state index contributed by atoms with van der Waals surface area (Å²) in [6, 6.07) is 0.746. The van der Waals surface area contributed by atoms with Gasteiger partial charge in [0, 0.05) is 12.6 Å². The van der Waals surface area contributed by atoms with Gasteiger partial charge in [-0.2, -0.15) is 0 Å². The smallest absolute Gasteiger partial charge is 0.00927 e. The van der Waals surface area contributed by atoms with E-state index in [1.165, 1.54) is 32.2 Å². The lowest BCUT2D eigenvalue weighted by Crippen LogP contribution is -2.44. The van der Waals surface area contributed by atoms with E-state index < -0.39 is 0 Å². The summed E-state index contributed by atoms with van der Waals surface area (Å²) in [5, 5.41) is 0. The second-order valence-electron chi connectivity index (χ2n) is 5.69. The molecule has 98 valence electrons. The number of rotatable bonds is 9. The molecule has 0 aliphatic carbocycles. The predicted molar refractivity (Wildman–Crippen MR) is 73.7 cm³/mol. The number of nitrogens with zero attached hydrogens (tertiary/aromatic N) is 1. The molecule has 0 amide bonds. The fraction of sp³-hybridized carbons (Fsp3) is 1.00. The van der Waals surface area contributed by atoms with Crippen molar-refractivity contribution in [3.63, 3.8) is 0 Å². The molecule has 2 nitrogen and oxygen atoms in total. The Kier molecular flexibility index (Phi) is 8.04. The van der Waals surface area contributed by atoms with E-state index in [1.54, 1.807) is 0 Å².